The van der Waals surface area contributed by atoms with E-state index in [-0.39, 0.29) is 22.3 Å². The van der Waals surface area contributed by atoms with Gasteiger partial charge in [0.15, 0.2) is 5.03 Å². The van der Waals surface area contributed by atoms with Crippen LogP contribution in [0.4, 0.5) is 10.1 Å². The summed E-state index contributed by atoms with van der Waals surface area (Å²) in [6.45, 7) is -0.246. The number of nitrogens with zero attached hydrogens (tertiary/aromatic N) is 1. The highest BCUT2D eigenvalue weighted by Gasteiger charge is 2.17. The van der Waals surface area contributed by atoms with Gasteiger partial charge in [0, 0.05) is 11.2 Å². The number of benzene rings is 1. The Bertz CT molecular complexity index is 720. The molecule has 0 amide bonds. The third kappa shape index (κ3) is 3.24. The maximum Gasteiger partial charge on any atom is 0.279 e. The highest BCUT2D eigenvalue weighted by Crippen LogP contribution is 2.22. The van der Waals surface area contributed by atoms with Crippen LogP contribution in [0.2, 0.25) is 5.02 Å². The van der Waals surface area contributed by atoms with Crippen LogP contribution in [0.3, 0.4) is 0 Å². The van der Waals surface area contributed by atoms with Crippen molar-refractivity contribution in [3.63, 3.8) is 0 Å². The van der Waals surface area contributed by atoms with Gasteiger partial charge in [-0.25, -0.2) is 9.37 Å². The summed E-state index contributed by atoms with van der Waals surface area (Å²) in [6.07, 6.45) is 1.23. The van der Waals surface area contributed by atoms with Crippen molar-refractivity contribution < 1.29 is 17.9 Å². The van der Waals surface area contributed by atoms with Crippen molar-refractivity contribution in [2.45, 2.75) is 11.6 Å². The molecule has 2 aromatic rings. The molecule has 0 saturated heterocycles. The average Bonchev–Trinajstić information content (AvgIpc) is 2.43. The molecule has 0 bridgehead atoms. The van der Waals surface area contributed by atoms with Crippen LogP contribution in [0.1, 0.15) is 5.56 Å². The highest BCUT2D eigenvalue weighted by molar-refractivity contribution is 7.92. The molecule has 5 nitrogen and oxygen atoms in total. The third-order valence-electron chi connectivity index (χ3n) is 2.43. The Morgan fingerprint density at radius 2 is 2.05 bits per heavy atom. The van der Waals surface area contributed by atoms with Crippen molar-refractivity contribution in [2.24, 2.45) is 0 Å². The summed E-state index contributed by atoms with van der Waals surface area (Å²) >= 11 is 5.69. The van der Waals surface area contributed by atoms with Gasteiger partial charge in [0.25, 0.3) is 10.0 Å². The fraction of sp³-hybridized carbons (Fsp3) is 0.0833. The number of aliphatic hydroxyl groups is 1. The smallest absolute Gasteiger partial charge is 0.279 e. The quantitative estimate of drug-likeness (QED) is 0.906. The zero-order valence-corrected chi connectivity index (χ0v) is 11.6. The molecular weight excluding hydrogens is 307 g/mol. The average molecular weight is 317 g/mol. The third-order valence-corrected chi connectivity index (χ3v) is 3.94. The zero-order chi connectivity index (χ0) is 14.8. The van der Waals surface area contributed by atoms with Crippen LogP contribution in [-0.2, 0) is 16.6 Å². The number of aliphatic hydroxyl groups excluding tert-OH is 1. The second-order valence-electron chi connectivity index (χ2n) is 3.89. The van der Waals surface area contributed by atoms with Crippen molar-refractivity contribution in [1.82, 2.24) is 4.98 Å². The number of aromatic nitrogens is 1. The van der Waals surface area contributed by atoms with Gasteiger partial charge in [0.1, 0.15) is 5.82 Å². The zero-order valence-electron chi connectivity index (χ0n) is 10.0. The molecule has 2 N–H and O–H groups in total. The topological polar surface area (TPSA) is 79.3 Å². The molecule has 1 aromatic carbocycles. The van der Waals surface area contributed by atoms with Crippen molar-refractivity contribution in [2.75, 3.05) is 4.72 Å². The van der Waals surface area contributed by atoms with E-state index in [9.17, 15) is 12.8 Å². The van der Waals surface area contributed by atoms with Crippen molar-refractivity contribution in [3.8, 4) is 0 Å². The molecule has 0 aliphatic carbocycles. The van der Waals surface area contributed by atoms with Gasteiger partial charge in [0.2, 0.25) is 0 Å². The van der Waals surface area contributed by atoms with Gasteiger partial charge in [-0.2, -0.15) is 8.42 Å². The summed E-state index contributed by atoms with van der Waals surface area (Å²) in [5.74, 6) is -0.745. The van der Waals surface area contributed by atoms with Crippen LogP contribution in [-0.4, -0.2) is 18.5 Å². The first-order valence-corrected chi connectivity index (χ1v) is 7.32. The van der Waals surface area contributed by atoms with Crippen LogP contribution in [0, 0.1) is 5.82 Å². The first-order valence-electron chi connectivity index (χ1n) is 5.46. The molecule has 0 aliphatic heterocycles. The minimum atomic E-state index is -4.02. The number of anilines is 1. The van der Waals surface area contributed by atoms with Gasteiger partial charge in [-0.3, -0.25) is 4.72 Å². The number of nitrogens with one attached hydrogen (secondary N) is 1. The molecule has 0 atom stereocenters. The number of rotatable bonds is 4. The first kappa shape index (κ1) is 14.7. The summed E-state index contributed by atoms with van der Waals surface area (Å²) in [5, 5.41) is 8.78. The lowest BCUT2D eigenvalue weighted by Gasteiger charge is -2.09. The number of hydrogen-bond acceptors (Lipinski definition) is 4. The monoisotopic (exact) mass is 316 g/mol. The maximum absolute atomic E-state index is 13.5. The van der Waals surface area contributed by atoms with Gasteiger partial charge in [0.05, 0.1) is 12.3 Å². The van der Waals surface area contributed by atoms with Gasteiger partial charge < -0.3 is 5.11 Å². The molecule has 0 spiro atoms. The standard InChI is InChI=1S/C12H10ClFN2O3S/c13-9-2-3-10(14)11(5-9)16-20(18,19)12-4-1-8(7-17)6-15-12/h1-6,16-17H,7H2. The number of sulfonamides is 1. The minimum absolute atomic E-state index is 0.202. The maximum atomic E-state index is 13.5. The Balaban J connectivity index is 2.32. The summed E-state index contributed by atoms with van der Waals surface area (Å²) in [7, 11) is -4.02. The Morgan fingerprint density at radius 3 is 2.65 bits per heavy atom. The Hall–Kier alpha value is -1.70. The Labute approximate surface area is 120 Å². The van der Waals surface area contributed by atoms with Crippen LogP contribution in [0.15, 0.2) is 41.6 Å². The van der Waals surface area contributed by atoms with E-state index in [1.807, 2.05) is 0 Å². The lowest BCUT2D eigenvalue weighted by Crippen LogP contribution is -2.15. The van der Waals surface area contributed by atoms with Crippen molar-refractivity contribution >= 4 is 27.3 Å². The molecule has 1 aromatic heterocycles. The van der Waals surface area contributed by atoms with E-state index >= 15 is 0 Å². The predicted octanol–water partition coefficient (Wildman–Crippen LogP) is 2.17. The van der Waals surface area contributed by atoms with E-state index in [0.29, 0.717) is 5.56 Å². The molecule has 0 saturated carbocycles. The van der Waals surface area contributed by atoms with Crippen molar-refractivity contribution in [1.29, 1.82) is 0 Å². The van der Waals surface area contributed by atoms with Crippen molar-refractivity contribution in [3.05, 3.63) is 52.9 Å². The lowest BCUT2D eigenvalue weighted by atomic mass is 10.3. The molecular formula is C12H10ClFN2O3S. The highest BCUT2D eigenvalue weighted by atomic mass is 35.5. The van der Waals surface area contributed by atoms with Gasteiger partial charge in [-0.15, -0.1) is 0 Å². The fourth-order valence-corrected chi connectivity index (χ4v) is 2.60. The minimum Gasteiger partial charge on any atom is -0.392 e. The Morgan fingerprint density at radius 1 is 1.30 bits per heavy atom. The van der Waals surface area contributed by atoms with E-state index < -0.39 is 15.8 Å². The van der Waals surface area contributed by atoms with E-state index in [0.717, 1.165) is 12.1 Å². The second-order valence-corrected chi connectivity index (χ2v) is 5.96. The second kappa shape index (κ2) is 5.74. The van der Waals surface area contributed by atoms with Gasteiger partial charge in [-0.1, -0.05) is 17.7 Å². The summed E-state index contributed by atoms with van der Waals surface area (Å²) < 4.78 is 39.6. The molecule has 8 heteroatoms. The van der Waals surface area contributed by atoms with E-state index in [4.69, 9.17) is 16.7 Å². The van der Waals surface area contributed by atoms with Gasteiger partial charge in [-0.05, 0) is 29.8 Å². The fourth-order valence-electron chi connectivity index (χ4n) is 1.44. The van der Waals surface area contributed by atoms with E-state index in [1.54, 1.807) is 0 Å². The molecule has 0 fully saturated rings. The SMILES string of the molecule is O=S(=O)(Nc1cc(Cl)ccc1F)c1ccc(CO)cn1. The summed E-state index contributed by atoms with van der Waals surface area (Å²) in [6, 6.07) is 6.16. The largest absolute Gasteiger partial charge is 0.392 e. The summed E-state index contributed by atoms with van der Waals surface area (Å²) in [5.41, 5.74) is 0.212. The molecule has 0 unspecified atom stereocenters. The summed E-state index contributed by atoms with van der Waals surface area (Å²) in [4.78, 5) is 3.70. The van der Waals surface area contributed by atoms with Crippen LogP contribution in [0.5, 0.6) is 0 Å². The van der Waals surface area contributed by atoms with E-state index in [2.05, 4.69) is 9.71 Å². The number of hydrogen-bond donors (Lipinski definition) is 2. The molecule has 0 aliphatic rings. The van der Waals surface area contributed by atoms with Crippen LogP contribution in [0.25, 0.3) is 0 Å². The normalized spacial score (nSPS) is 11.3. The molecule has 2 rings (SSSR count). The molecule has 106 valence electrons. The molecule has 20 heavy (non-hydrogen) atoms. The lowest BCUT2D eigenvalue weighted by molar-refractivity contribution is 0.281. The van der Waals surface area contributed by atoms with Crippen LogP contribution >= 0.6 is 11.6 Å². The number of halogens is 2. The molecule has 0 radical (unpaired) electrons. The Kier molecular flexibility index (Phi) is 4.22. The van der Waals surface area contributed by atoms with Gasteiger partial charge >= 0.3 is 0 Å². The first-order chi connectivity index (χ1) is 9.42. The number of pyridine rings is 1. The molecule has 1 heterocycles. The predicted molar refractivity (Wildman–Crippen MR) is 72.4 cm³/mol. The van der Waals surface area contributed by atoms with E-state index in [1.165, 1.54) is 24.4 Å². The van der Waals surface area contributed by atoms with Crippen LogP contribution < -0.4 is 4.72 Å².